The minimum Gasteiger partial charge on any atom is -0.351 e. The third-order valence-electron chi connectivity index (χ3n) is 4.23. The van der Waals surface area contributed by atoms with Crippen LogP contribution in [0.2, 0.25) is 0 Å². The van der Waals surface area contributed by atoms with E-state index >= 15 is 0 Å². The maximum absolute atomic E-state index is 12.4. The highest BCUT2D eigenvalue weighted by Gasteiger charge is 2.30. The highest BCUT2D eigenvalue weighted by atomic mass is 32.1. The second-order valence-electron chi connectivity index (χ2n) is 6.09. The van der Waals surface area contributed by atoms with E-state index in [9.17, 15) is 14.9 Å². The average molecular weight is 367 g/mol. The number of aryl methyl sites for hydroxylation is 1. The number of nitrogens with one attached hydrogen (secondary N) is 2. The lowest BCUT2D eigenvalue weighted by Crippen LogP contribution is -2.44. The lowest BCUT2D eigenvalue weighted by molar-refractivity contribution is -0.384. The number of carbonyl (C=O) groups is 1. The van der Waals surface area contributed by atoms with Crippen molar-refractivity contribution in [1.29, 1.82) is 0 Å². The van der Waals surface area contributed by atoms with E-state index in [1.807, 2.05) is 31.2 Å². The Morgan fingerprint density at radius 3 is 2.27 bits per heavy atom. The van der Waals surface area contributed by atoms with Crippen LogP contribution in [0.5, 0.6) is 0 Å². The molecule has 0 radical (unpaired) electrons. The van der Waals surface area contributed by atoms with Crippen molar-refractivity contribution in [3.05, 3.63) is 80.9 Å². The summed E-state index contributed by atoms with van der Waals surface area (Å²) in [5, 5.41) is 17.4. The van der Waals surface area contributed by atoms with Crippen LogP contribution in [0.25, 0.3) is 5.70 Å². The fourth-order valence-corrected chi connectivity index (χ4v) is 3.15. The minimum absolute atomic E-state index is 0.00243. The summed E-state index contributed by atoms with van der Waals surface area (Å²) in [5.41, 5.74) is 3.89. The number of benzene rings is 2. The summed E-state index contributed by atoms with van der Waals surface area (Å²) in [4.78, 5) is 22.8. The number of rotatable bonds is 4. The van der Waals surface area contributed by atoms with Crippen molar-refractivity contribution < 1.29 is 9.72 Å². The van der Waals surface area contributed by atoms with Gasteiger partial charge in [0, 0.05) is 17.7 Å². The first-order valence-corrected chi connectivity index (χ1v) is 8.41. The van der Waals surface area contributed by atoms with E-state index in [1.54, 1.807) is 12.1 Å². The Bertz CT molecular complexity index is 918. The molecule has 0 aromatic heterocycles. The van der Waals surface area contributed by atoms with Gasteiger partial charge >= 0.3 is 0 Å². The fourth-order valence-electron chi connectivity index (χ4n) is 2.93. The second-order valence-corrected chi connectivity index (χ2v) is 6.50. The van der Waals surface area contributed by atoms with Gasteiger partial charge in [0.05, 0.1) is 16.7 Å². The Hall–Kier alpha value is -3.06. The van der Waals surface area contributed by atoms with Gasteiger partial charge < -0.3 is 10.6 Å². The van der Waals surface area contributed by atoms with Crippen LogP contribution in [0, 0.1) is 17.0 Å². The Labute approximate surface area is 156 Å². The molecule has 0 aliphatic carbocycles. The predicted octanol–water partition coefficient (Wildman–Crippen LogP) is 3.42. The van der Waals surface area contributed by atoms with Gasteiger partial charge in [0.25, 0.3) is 5.69 Å². The summed E-state index contributed by atoms with van der Waals surface area (Å²) < 4.78 is 0. The van der Waals surface area contributed by atoms with E-state index < -0.39 is 11.0 Å². The molecule has 2 aromatic rings. The summed E-state index contributed by atoms with van der Waals surface area (Å²) >= 11 is 5.32. The second kappa shape index (κ2) is 7.05. The van der Waals surface area contributed by atoms with Crippen LogP contribution in [-0.2, 0) is 4.79 Å². The molecule has 1 atom stereocenters. The molecular weight excluding hydrogens is 350 g/mol. The highest BCUT2D eigenvalue weighted by molar-refractivity contribution is 7.80. The summed E-state index contributed by atoms with van der Waals surface area (Å²) in [5.74, 6) is -0.105. The van der Waals surface area contributed by atoms with Gasteiger partial charge in [-0.1, -0.05) is 29.8 Å². The summed E-state index contributed by atoms with van der Waals surface area (Å²) in [6.07, 6.45) is 0. The Kier molecular flexibility index (Phi) is 4.81. The van der Waals surface area contributed by atoms with Crippen molar-refractivity contribution in [2.75, 3.05) is 0 Å². The molecule has 6 nitrogen and oxygen atoms in total. The smallest absolute Gasteiger partial charge is 0.269 e. The molecule has 1 aliphatic heterocycles. The van der Waals surface area contributed by atoms with Gasteiger partial charge in [0.2, 0.25) is 0 Å². The predicted molar refractivity (Wildman–Crippen MR) is 103 cm³/mol. The summed E-state index contributed by atoms with van der Waals surface area (Å²) in [6.45, 7) is 3.49. The van der Waals surface area contributed by atoms with Gasteiger partial charge in [-0.3, -0.25) is 14.9 Å². The number of non-ortho nitro benzene ring substituents is 1. The topological polar surface area (TPSA) is 84.3 Å². The van der Waals surface area contributed by atoms with Crippen LogP contribution >= 0.6 is 12.2 Å². The van der Waals surface area contributed by atoms with E-state index in [4.69, 9.17) is 12.2 Å². The van der Waals surface area contributed by atoms with Crippen LogP contribution in [0.3, 0.4) is 0 Å². The monoisotopic (exact) mass is 367 g/mol. The zero-order chi connectivity index (χ0) is 18.8. The molecule has 26 heavy (non-hydrogen) atoms. The minimum atomic E-state index is -0.474. The van der Waals surface area contributed by atoms with Crippen molar-refractivity contribution in [2.45, 2.75) is 19.9 Å². The molecule has 3 rings (SSSR count). The summed E-state index contributed by atoms with van der Waals surface area (Å²) in [6, 6.07) is 13.4. The highest BCUT2D eigenvalue weighted by Crippen LogP contribution is 2.32. The van der Waals surface area contributed by atoms with Crippen LogP contribution < -0.4 is 10.6 Å². The zero-order valence-electron chi connectivity index (χ0n) is 14.3. The normalized spacial score (nSPS) is 16.7. The van der Waals surface area contributed by atoms with Crippen LogP contribution in [-0.4, -0.2) is 15.8 Å². The first-order chi connectivity index (χ1) is 12.4. The first-order valence-electron chi connectivity index (χ1n) is 8.01. The Balaban J connectivity index is 2.12. The molecule has 0 saturated heterocycles. The van der Waals surface area contributed by atoms with Gasteiger partial charge in [-0.2, -0.15) is 0 Å². The van der Waals surface area contributed by atoms with Crippen molar-refractivity contribution >= 4 is 34.5 Å². The number of nitro benzene ring substituents is 1. The number of nitrogens with zero attached hydrogens (tertiary/aromatic N) is 1. The third-order valence-corrected chi connectivity index (χ3v) is 4.45. The Morgan fingerprint density at radius 1 is 1.12 bits per heavy atom. The van der Waals surface area contributed by atoms with Gasteiger partial charge in [-0.25, -0.2) is 0 Å². The lowest BCUT2D eigenvalue weighted by Gasteiger charge is -2.31. The van der Waals surface area contributed by atoms with Crippen molar-refractivity contribution in [3.8, 4) is 0 Å². The van der Waals surface area contributed by atoms with E-state index in [0.717, 1.165) is 16.7 Å². The molecule has 0 bridgehead atoms. The molecule has 132 valence electrons. The van der Waals surface area contributed by atoms with E-state index in [2.05, 4.69) is 10.6 Å². The molecule has 0 fully saturated rings. The van der Waals surface area contributed by atoms with Crippen molar-refractivity contribution in [1.82, 2.24) is 10.6 Å². The van der Waals surface area contributed by atoms with E-state index in [-0.39, 0.29) is 11.5 Å². The van der Waals surface area contributed by atoms with Crippen LogP contribution in [0.1, 0.15) is 29.7 Å². The maximum atomic E-state index is 12.4. The fraction of sp³-hybridized carbons (Fsp3) is 0.158. The lowest BCUT2D eigenvalue weighted by atomic mass is 9.90. The number of ketones is 1. The molecule has 0 spiro atoms. The molecule has 2 aromatic carbocycles. The number of nitro groups is 1. The maximum Gasteiger partial charge on any atom is 0.269 e. The standard InChI is InChI=1S/C19H17N3O3S/c1-11-3-5-13(6-4-11)17-16(12(2)23)18(21-19(26)20-17)14-7-9-15(10-8-14)22(24)25/h3-10,18H,1-2H3,(H2,20,21,26)/t18-/m1/s1. The molecule has 1 aliphatic rings. The quantitative estimate of drug-likeness (QED) is 0.489. The SMILES string of the molecule is CC(=O)C1=C(c2ccc(C)cc2)NC(=S)N[C@@H]1c1ccc([N+](=O)[O-])cc1. The zero-order valence-corrected chi connectivity index (χ0v) is 15.1. The van der Waals surface area contributed by atoms with Crippen molar-refractivity contribution in [2.24, 2.45) is 0 Å². The number of Topliss-reactive ketones (excluding diaryl/α,β-unsaturated/α-hetero) is 1. The average Bonchev–Trinajstić information content (AvgIpc) is 2.61. The van der Waals surface area contributed by atoms with Gasteiger partial charge in [0.15, 0.2) is 10.9 Å². The van der Waals surface area contributed by atoms with Gasteiger partial charge in [-0.15, -0.1) is 0 Å². The number of thiocarbonyl (C=S) groups is 1. The molecule has 7 heteroatoms. The molecular formula is C19H17N3O3S. The molecule has 0 amide bonds. The number of carbonyl (C=O) groups excluding carboxylic acids is 1. The van der Waals surface area contributed by atoms with Gasteiger partial charge in [-0.05, 0) is 49.3 Å². The third kappa shape index (κ3) is 3.48. The van der Waals surface area contributed by atoms with E-state index in [1.165, 1.54) is 19.1 Å². The van der Waals surface area contributed by atoms with E-state index in [0.29, 0.717) is 16.4 Å². The molecule has 0 unspecified atom stereocenters. The Morgan fingerprint density at radius 2 is 1.73 bits per heavy atom. The number of hydrogen-bond acceptors (Lipinski definition) is 4. The first kappa shape index (κ1) is 17.8. The molecule has 1 heterocycles. The van der Waals surface area contributed by atoms with Crippen molar-refractivity contribution in [3.63, 3.8) is 0 Å². The summed E-state index contributed by atoms with van der Waals surface area (Å²) in [7, 11) is 0. The van der Waals surface area contributed by atoms with Crippen LogP contribution in [0.15, 0.2) is 54.1 Å². The van der Waals surface area contributed by atoms with Gasteiger partial charge in [0.1, 0.15) is 0 Å². The molecule has 0 saturated carbocycles. The molecule has 2 N–H and O–H groups in total. The largest absolute Gasteiger partial charge is 0.351 e. The number of hydrogen-bond donors (Lipinski definition) is 2. The van der Waals surface area contributed by atoms with Crippen LogP contribution in [0.4, 0.5) is 5.69 Å².